The van der Waals surface area contributed by atoms with E-state index in [0.717, 1.165) is 92.0 Å². The van der Waals surface area contributed by atoms with E-state index < -0.39 is 84.1 Å². The maximum atomic E-state index is 15.1. The first-order valence-electron chi connectivity index (χ1n) is 53.0. The number of oxazole rings is 1. The van der Waals surface area contributed by atoms with Gasteiger partial charge in [0.15, 0.2) is 23.6 Å². The molecule has 12 heterocycles. The molecule has 39 heteroatoms. The molecule has 0 spiro atoms. The van der Waals surface area contributed by atoms with Crippen molar-refractivity contribution in [3.63, 3.8) is 0 Å². The van der Waals surface area contributed by atoms with E-state index in [-0.39, 0.29) is 105 Å². The number of oxime groups is 1. The Bertz CT molecular complexity index is 5810. The van der Waals surface area contributed by atoms with Crippen LogP contribution in [0.4, 0.5) is 23.7 Å². The van der Waals surface area contributed by atoms with Gasteiger partial charge in [-0.3, -0.25) is 33.7 Å². The number of hydrogen-bond donors (Lipinski definition) is 5. The van der Waals surface area contributed by atoms with Crippen molar-refractivity contribution in [2.45, 2.75) is 244 Å². The minimum atomic E-state index is -2.49. The molecule has 6 fully saturated rings. The van der Waals surface area contributed by atoms with Crippen LogP contribution in [0.2, 0.25) is 0 Å². The molecule has 3 amide bonds. The number of piperidine rings is 1. The van der Waals surface area contributed by atoms with Crippen LogP contribution in [0.25, 0.3) is 33.4 Å². The predicted molar refractivity (Wildman–Crippen MR) is 558 cm³/mol. The molecule has 1 saturated carbocycles. The van der Waals surface area contributed by atoms with Crippen LogP contribution in [-0.2, 0) is 92.7 Å². The van der Waals surface area contributed by atoms with Crippen molar-refractivity contribution in [1.29, 1.82) is 0 Å². The summed E-state index contributed by atoms with van der Waals surface area (Å²) in [6.07, 6.45) is 21.6. The van der Waals surface area contributed by atoms with Crippen LogP contribution in [0.3, 0.4) is 0 Å². The van der Waals surface area contributed by atoms with Crippen LogP contribution < -0.4 is 21.3 Å². The van der Waals surface area contributed by atoms with E-state index in [9.17, 15) is 44.1 Å². The molecule has 148 heavy (non-hydrogen) atoms. The number of carbonyl (C=O) groups excluding carboxylic acids is 7. The molecule has 39 nitrogen and oxygen atoms in total. The van der Waals surface area contributed by atoms with Crippen LogP contribution in [-0.4, -0.2) is 350 Å². The summed E-state index contributed by atoms with van der Waals surface area (Å²) < 4.78 is 50.5. The topological polar surface area (TPSA) is 466 Å². The first-order valence-corrected chi connectivity index (χ1v) is 53.0. The van der Waals surface area contributed by atoms with Gasteiger partial charge in [0, 0.05) is 200 Å². The van der Waals surface area contributed by atoms with Gasteiger partial charge in [-0.25, -0.2) is 39.4 Å². The lowest BCUT2D eigenvalue weighted by molar-refractivity contribution is -0.265. The van der Waals surface area contributed by atoms with Gasteiger partial charge in [-0.1, -0.05) is 94.4 Å². The third-order valence-corrected chi connectivity index (χ3v) is 31.0. The highest BCUT2D eigenvalue weighted by Gasteiger charge is 2.54. The molecule has 2 bridgehead atoms. The van der Waals surface area contributed by atoms with Gasteiger partial charge < -0.3 is 103 Å². The zero-order valence-electron chi connectivity index (χ0n) is 87.8. The van der Waals surface area contributed by atoms with Crippen molar-refractivity contribution in [2.75, 3.05) is 174 Å². The van der Waals surface area contributed by atoms with Crippen molar-refractivity contribution in [3.8, 4) is 11.3 Å². The van der Waals surface area contributed by atoms with Gasteiger partial charge in [0.05, 0.1) is 67.3 Å². The fourth-order valence-corrected chi connectivity index (χ4v) is 21.8. The second-order valence-electron chi connectivity index (χ2n) is 41.8. The van der Waals surface area contributed by atoms with Crippen molar-refractivity contribution >= 4 is 92.8 Å². The Balaban J connectivity index is 0.507. The number of nitrogens with zero attached hydrogens (tertiary/aromatic N) is 18. The summed E-state index contributed by atoms with van der Waals surface area (Å²) in [5.74, 6) is -6.80. The molecular formula is C109H152N20O19. The average Bonchev–Trinajstić information content (AvgIpc) is 1.65. The minimum Gasteiger partial charge on any atom is -0.460 e. The Morgan fingerprint density at radius 3 is 2.17 bits per heavy atom. The lowest BCUT2D eigenvalue weighted by Gasteiger charge is -2.43. The molecule has 7 N–H and O–H groups in total. The first-order chi connectivity index (χ1) is 71.4. The molecule has 16 atom stereocenters. The molecule has 15 rings (SSSR count). The number of ether oxygens (including phenoxy) is 7. The van der Waals surface area contributed by atoms with Crippen LogP contribution in [0.1, 0.15) is 190 Å². The average molecular weight is 2050 g/mol. The fraction of sp³-hybridized carbons (Fsp3) is 0.615. The van der Waals surface area contributed by atoms with E-state index in [4.69, 9.17) is 59.0 Å². The summed E-state index contributed by atoms with van der Waals surface area (Å²) in [5.41, 5.74) is 21.5. The zero-order valence-corrected chi connectivity index (χ0v) is 87.8. The van der Waals surface area contributed by atoms with Crippen LogP contribution in [0.5, 0.6) is 0 Å². The SMILES string of the molecule is CO[C@H]1C[C@@H]2CC[C@@H](C)[C@@](O)(O2)C(=O)C(=O)N2CCCC[C@H]2C(=O)O[C@H]([C@H](C)C[C@@H]2CC[C@@H](OC(=O)CCCCN3CCN(C)CC3)[C@H](OC)C2)C[C@@H](O)[C@H](C)/C=C(\C)[C@@H](O)[C@@H](OC)C(=NOCC(=O)CCc2cnc(N3CCN(C(=O)CCOCCN4CCN(c5ncc(C(=O)N6CCc7cc(Cn8nc(-c9ccc%10oc(N)nc%10c9)c9c(N)ncnc98)ccc7C6)cn5)CC4)CC3)nc2)[C@H](C)C[C@H](C)/C=C/C=C/C=C/1C. The lowest BCUT2D eigenvalue weighted by Crippen LogP contribution is -2.61. The largest absolute Gasteiger partial charge is 0.460 e. The lowest BCUT2D eigenvalue weighted by atomic mass is 9.78. The maximum absolute atomic E-state index is 15.1. The maximum Gasteiger partial charge on any atom is 0.329 e. The molecule has 7 aromatic rings. The van der Waals surface area contributed by atoms with E-state index >= 15 is 4.79 Å². The molecule has 5 saturated heterocycles. The highest BCUT2D eigenvalue weighted by Crippen LogP contribution is 2.41. The number of aryl methyl sites for hydroxylation is 1. The number of amides is 3. The highest BCUT2D eigenvalue weighted by atomic mass is 16.6. The number of cyclic esters (lactones) is 1. The number of carbonyl (C=O) groups is 7. The van der Waals surface area contributed by atoms with Gasteiger partial charge in [0.1, 0.15) is 53.8 Å². The van der Waals surface area contributed by atoms with Gasteiger partial charge in [-0.2, -0.15) is 10.1 Å². The van der Waals surface area contributed by atoms with E-state index in [2.05, 4.69) is 91.8 Å². The monoisotopic (exact) mass is 2050 g/mol. The molecular weight excluding hydrogens is 1890 g/mol. The number of anilines is 4. The molecule has 0 radical (unpaired) electrons. The Morgan fingerprint density at radius 1 is 0.689 bits per heavy atom. The quantitative estimate of drug-likeness (QED) is 0.00918. The van der Waals surface area contributed by atoms with Gasteiger partial charge >= 0.3 is 11.9 Å². The number of aromatic nitrogens is 9. The van der Waals surface area contributed by atoms with Crippen molar-refractivity contribution < 1.29 is 91.3 Å². The number of aliphatic hydroxyl groups is 3. The van der Waals surface area contributed by atoms with Crippen LogP contribution in [0, 0.1) is 35.5 Å². The molecule has 1 aliphatic carbocycles. The minimum absolute atomic E-state index is 0.0167. The molecule has 0 unspecified atom stereocenters. The fourth-order valence-electron chi connectivity index (χ4n) is 21.8. The van der Waals surface area contributed by atoms with E-state index in [1.54, 1.807) is 65.0 Å². The van der Waals surface area contributed by atoms with Gasteiger partial charge in [-0.05, 0) is 187 Å². The number of benzene rings is 2. The van der Waals surface area contributed by atoms with Crippen molar-refractivity contribution in [3.05, 3.63) is 143 Å². The molecule has 2 aromatic carbocycles. The Hall–Kier alpha value is -11.5. The molecule has 802 valence electrons. The summed E-state index contributed by atoms with van der Waals surface area (Å²) in [5, 5.41) is 47.5. The highest BCUT2D eigenvalue weighted by molar-refractivity contribution is 6.39. The Labute approximate surface area is 866 Å². The number of nitrogen functional groups attached to an aromatic ring is 2. The zero-order chi connectivity index (χ0) is 105. The van der Waals surface area contributed by atoms with Gasteiger partial charge in [0.2, 0.25) is 23.6 Å². The van der Waals surface area contributed by atoms with Crippen molar-refractivity contribution in [2.24, 2.45) is 40.7 Å². The first kappa shape index (κ1) is 111. The number of hydrogen-bond acceptors (Lipinski definition) is 35. The number of nitrogens with two attached hydrogens (primary N) is 2. The summed E-state index contributed by atoms with van der Waals surface area (Å²) in [6, 6.07) is 10.7. The number of unbranched alkanes of at least 4 members (excludes halogenated alkanes) is 1. The van der Waals surface area contributed by atoms with Crippen LogP contribution in [0.15, 0.2) is 125 Å². The Kier molecular flexibility index (Phi) is 39.1. The number of esters is 2. The number of piperazine rings is 3. The number of likely N-dealkylation sites (N-methyl/N-ethyl adjacent to an activating group) is 1. The van der Waals surface area contributed by atoms with Gasteiger partial charge in [0.25, 0.3) is 23.6 Å². The third kappa shape index (κ3) is 28.6. The summed E-state index contributed by atoms with van der Waals surface area (Å²) in [6.45, 7) is 25.8. The van der Waals surface area contributed by atoms with E-state index in [1.165, 1.54) is 18.3 Å². The normalized spacial score (nSPS) is 27.8. The number of fused-ring (bicyclic) bond motifs is 6. The molecule has 8 aliphatic rings. The number of aliphatic hydroxyl groups excluding tert-OH is 2. The van der Waals surface area contributed by atoms with Gasteiger partial charge in [-0.15, -0.1) is 0 Å². The van der Waals surface area contributed by atoms with Crippen molar-refractivity contribution in [1.82, 2.24) is 74.1 Å². The second-order valence-corrected chi connectivity index (χ2v) is 41.8. The van der Waals surface area contributed by atoms with Crippen LogP contribution >= 0.6 is 0 Å². The molecule has 5 aromatic heterocycles. The number of rotatable bonds is 30. The summed E-state index contributed by atoms with van der Waals surface area (Å²) in [4.78, 5) is 153. The summed E-state index contributed by atoms with van der Waals surface area (Å²) in [7, 11) is 6.81. The Morgan fingerprint density at radius 2 is 1.43 bits per heavy atom. The second kappa shape index (κ2) is 52.3. The van der Waals surface area contributed by atoms with E-state index in [1.807, 2.05) is 89.6 Å². The predicted octanol–water partition coefficient (Wildman–Crippen LogP) is 9.76. The number of methoxy groups -OCH3 is 3. The smallest absolute Gasteiger partial charge is 0.329 e. The number of Topliss-reactive ketones (excluding diaryl/α,β-unsaturated/α-hetero) is 2. The third-order valence-electron chi connectivity index (χ3n) is 31.0. The van der Waals surface area contributed by atoms with E-state index in [0.29, 0.717) is 218 Å². The number of allylic oxidation sites excluding steroid dienone is 5. The standard InChI is InChI=1S/C109H152N20O19/c1-69-19-13-12-14-20-70(2)90(140-9)59-84-30-23-75(7)109(139,148-84)100(135)104(137)128-36-18-15-21-86(128)105(138)146-91(72(4)55-76-26-31-89(92(57-76)141-10)145-94(133)22-16-17-35-122-40-38-121(8)39-41-122)60-87(131)71(3)54-74(6)98(134)99(142-11)96(73(5)53-69)120-144-67-83(130)29-25-78-61-112-107(113-62-78)126-48-46-124(47-49-126)93(132)34-51-143-52-50-123-42-44-125(45-43-123)108-114-63-82(64-115-108)103(136)127-37-33-79-56-77(24-27-81(79)66-127)65-129-102-95(101(110)116-68-117-102)97(119-129)80-28-32-88-85(58-80)118-106(111)147-88/h12-14,19-20,24,27-28,32,54,56,58,61-64,68-69,71-73,75-76,84,86-87,89-92,98-99,131,134,139H,15-18,21-23,25-26,29-31,33-53,55,57,59-60,65-67H2,1-11H3,(H2,111,118)(H2,110,116,117)/b14-12+,19-13+,70-20+,74-54+,120-96?/t69-,71-,72-,73-,75-,76+,84+,86+,87-,89-,90+,91+,92-,98-,99+,109-/m1/s1. The molecule has 7 aliphatic heterocycles. The summed E-state index contributed by atoms with van der Waals surface area (Å²) >= 11 is 0. The number of ketones is 2.